The molecule has 4 rings (SSSR count). The fourth-order valence-electron chi connectivity index (χ4n) is 3.72. The Balaban J connectivity index is 1.44. The molecule has 0 spiro atoms. The van der Waals surface area contributed by atoms with Gasteiger partial charge in [0.2, 0.25) is 21.8 Å². The third-order valence-electron chi connectivity index (χ3n) is 5.59. The molecule has 0 radical (unpaired) electrons. The lowest BCUT2D eigenvalue weighted by Crippen LogP contribution is -2.33. The van der Waals surface area contributed by atoms with Crippen LogP contribution in [0.25, 0.3) is 0 Å². The highest BCUT2D eigenvalue weighted by atomic mass is 32.2. The lowest BCUT2D eigenvalue weighted by Gasteiger charge is -2.18. The number of rotatable bonds is 6. The maximum atomic E-state index is 13.0. The molecule has 170 valence electrons. The normalized spacial score (nSPS) is 18.7. The summed E-state index contributed by atoms with van der Waals surface area (Å²) < 4.78 is 41.0. The molecule has 10 heteroatoms. The minimum Gasteiger partial charge on any atom is -0.343 e. The van der Waals surface area contributed by atoms with Crippen LogP contribution in [0.5, 0.6) is 0 Å². The van der Waals surface area contributed by atoms with Gasteiger partial charge >= 0.3 is 0 Å². The Morgan fingerprint density at radius 1 is 1.16 bits per heavy atom. The lowest BCUT2D eigenvalue weighted by atomic mass is 10.1. The van der Waals surface area contributed by atoms with Crippen molar-refractivity contribution in [2.75, 3.05) is 24.2 Å². The molecule has 0 saturated carbocycles. The second-order valence-electron chi connectivity index (χ2n) is 7.90. The second kappa shape index (κ2) is 9.60. The number of anilines is 1. The fraction of sp³-hybridized carbons (Fsp3) is 0.364. The van der Waals surface area contributed by atoms with Gasteiger partial charge in [0.1, 0.15) is 5.82 Å². The number of carbonyl (C=O) groups excluding carboxylic acids is 2. The molecule has 2 aromatic rings. The Bertz CT molecular complexity index is 1120. The summed E-state index contributed by atoms with van der Waals surface area (Å²) in [5.41, 5.74) is 1.04. The minimum absolute atomic E-state index is 0.0116. The van der Waals surface area contributed by atoms with Crippen molar-refractivity contribution in [3.63, 3.8) is 0 Å². The maximum absolute atomic E-state index is 13.0. The van der Waals surface area contributed by atoms with Gasteiger partial charge < -0.3 is 10.2 Å². The van der Waals surface area contributed by atoms with Crippen molar-refractivity contribution in [2.45, 2.75) is 35.6 Å². The summed E-state index contributed by atoms with van der Waals surface area (Å²) in [6.07, 6.45) is 2.14. The average molecular weight is 478 g/mol. The van der Waals surface area contributed by atoms with Crippen LogP contribution < -0.4 is 10.0 Å². The molecule has 0 unspecified atom stereocenters. The van der Waals surface area contributed by atoms with E-state index in [4.69, 9.17) is 0 Å². The predicted molar refractivity (Wildman–Crippen MR) is 120 cm³/mol. The Kier molecular flexibility index (Phi) is 6.82. The molecule has 2 amide bonds. The number of fused-ring (bicyclic) bond motifs is 1. The van der Waals surface area contributed by atoms with Crippen molar-refractivity contribution in [1.82, 2.24) is 9.62 Å². The number of nitrogens with one attached hydrogen (secondary N) is 2. The monoisotopic (exact) mass is 477 g/mol. The summed E-state index contributed by atoms with van der Waals surface area (Å²) in [5.74, 6) is -0.707. The van der Waals surface area contributed by atoms with E-state index < -0.39 is 21.8 Å². The van der Waals surface area contributed by atoms with E-state index in [0.717, 1.165) is 30.8 Å². The van der Waals surface area contributed by atoms with Gasteiger partial charge in [0.25, 0.3) is 0 Å². The number of halogens is 1. The number of nitrogens with zero attached hydrogens (tertiary/aromatic N) is 1. The molecule has 2 heterocycles. The molecule has 2 N–H and O–H groups in total. The molecule has 0 aromatic heterocycles. The third-order valence-corrected chi connectivity index (χ3v) is 8.22. The van der Waals surface area contributed by atoms with Gasteiger partial charge in [0.05, 0.1) is 16.5 Å². The standard InChI is InChI=1S/C22H24FN3O4S2/c23-17-5-3-15(4-6-17)13-24-32(29,30)18-7-8-20-19(12-18)25-22(28)16(14-31-20)11-21(27)26-9-1-2-10-26/h3-8,12,16,24H,1-2,9-11,13-14H2,(H,25,28)/t16-/m0/s1. The first-order valence-corrected chi connectivity index (χ1v) is 12.9. The highest BCUT2D eigenvalue weighted by Gasteiger charge is 2.29. The molecular weight excluding hydrogens is 453 g/mol. The van der Waals surface area contributed by atoms with E-state index >= 15 is 0 Å². The highest BCUT2D eigenvalue weighted by Crippen LogP contribution is 2.35. The van der Waals surface area contributed by atoms with Gasteiger partial charge in [-0.15, -0.1) is 11.8 Å². The zero-order valence-electron chi connectivity index (χ0n) is 17.3. The first-order chi connectivity index (χ1) is 15.3. The van der Waals surface area contributed by atoms with E-state index in [2.05, 4.69) is 10.0 Å². The lowest BCUT2D eigenvalue weighted by molar-refractivity contribution is -0.133. The van der Waals surface area contributed by atoms with Crippen LogP contribution in [-0.2, 0) is 26.2 Å². The van der Waals surface area contributed by atoms with E-state index in [9.17, 15) is 22.4 Å². The summed E-state index contributed by atoms with van der Waals surface area (Å²) in [5, 5.41) is 2.80. The zero-order valence-corrected chi connectivity index (χ0v) is 19.0. The molecular formula is C22H24FN3O4S2. The molecule has 2 aliphatic rings. The van der Waals surface area contributed by atoms with Crippen molar-refractivity contribution in [1.29, 1.82) is 0 Å². The molecule has 2 aromatic carbocycles. The van der Waals surface area contributed by atoms with Gasteiger partial charge in [-0.2, -0.15) is 0 Å². The zero-order chi connectivity index (χ0) is 22.7. The molecule has 32 heavy (non-hydrogen) atoms. The molecule has 1 fully saturated rings. The smallest absolute Gasteiger partial charge is 0.240 e. The van der Waals surface area contributed by atoms with Crippen LogP contribution in [0.4, 0.5) is 10.1 Å². The summed E-state index contributed by atoms with van der Waals surface area (Å²) in [4.78, 5) is 27.8. The van der Waals surface area contributed by atoms with E-state index in [1.807, 2.05) is 0 Å². The van der Waals surface area contributed by atoms with Crippen LogP contribution in [-0.4, -0.2) is 44.0 Å². The molecule has 2 aliphatic heterocycles. The first kappa shape index (κ1) is 22.8. The molecule has 0 aliphatic carbocycles. The average Bonchev–Trinajstić information content (AvgIpc) is 3.27. The Morgan fingerprint density at radius 3 is 2.59 bits per heavy atom. The van der Waals surface area contributed by atoms with E-state index in [1.165, 1.54) is 48.2 Å². The number of amides is 2. The molecule has 1 atom stereocenters. The summed E-state index contributed by atoms with van der Waals surface area (Å²) in [7, 11) is -3.84. The van der Waals surface area contributed by atoms with Gasteiger partial charge in [0, 0.05) is 36.7 Å². The highest BCUT2D eigenvalue weighted by molar-refractivity contribution is 7.99. The quantitative estimate of drug-likeness (QED) is 0.667. The number of hydrogen-bond acceptors (Lipinski definition) is 5. The molecule has 1 saturated heterocycles. The predicted octanol–water partition coefficient (Wildman–Crippen LogP) is 2.98. The Morgan fingerprint density at radius 2 is 1.88 bits per heavy atom. The van der Waals surface area contributed by atoms with Crippen molar-refractivity contribution in [2.24, 2.45) is 5.92 Å². The topological polar surface area (TPSA) is 95.6 Å². The molecule has 7 nitrogen and oxygen atoms in total. The Hall–Kier alpha value is -2.43. The van der Waals surface area contributed by atoms with Crippen LogP contribution in [0.2, 0.25) is 0 Å². The van der Waals surface area contributed by atoms with Gasteiger partial charge in [-0.3, -0.25) is 9.59 Å². The third kappa shape index (κ3) is 5.31. The largest absolute Gasteiger partial charge is 0.343 e. The SMILES string of the molecule is O=C1Nc2cc(S(=O)(=O)NCc3ccc(F)cc3)ccc2SC[C@@H]1CC(=O)N1CCCC1. The van der Waals surface area contributed by atoms with Gasteiger partial charge in [0.15, 0.2) is 0 Å². The van der Waals surface area contributed by atoms with Crippen LogP contribution in [0.15, 0.2) is 52.3 Å². The van der Waals surface area contributed by atoms with Crippen molar-refractivity contribution < 1.29 is 22.4 Å². The number of sulfonamides is 1. The maximum Gasteiger partial charge on any atom is 0.240 e. The summed E-state index contributed by atoms with van der Waals surface area (Å²) in [6.45, 7) is 1.50. The fourth-order valence-corrected chi connectivity index (χ4v) is 5.85. The van der Waals surface area contributed by atoms with Crippen molar-refractivity contribution >= 4 is 39.3 Å². The first-order valence-electron chi connectivity index (χ1n) is 10.4. The number of hydrogen-bond donors (Lipinski definition) is 2. The number of thioether (sulfide) groups is 1. The van der Waals surface area contributed by atoms with Crippen LogP contribution in [0.3, 0.4) is 0 Å². The Labute approximate surface area is 190 Å². The van der Waals surface area contributed by atoms with Crippen LogP contribution in [0.1, 0.15) is 24.8 Å². The number of carbonyl (C=O) groups is 2. The summed E-state index contributed by atoms with van der Waals surface area (Å²) >= 11 is 1.43. The molecule has 0 bridgehead atoms. The number of likely N-dealkylation sites (tertiary alicyclic amines) is 1. The van der Waals surface area contributed by atoms with E-state index in [0.29, 0.717) is 17.0 Å². The van der Waals surface area contributed by atoms with Gasteiger partial charge in [-0.1, -0.05) is 12.1 Å². The number of benzene rings is 2. The van der Waals surface area contributed by atoms with Crippen molar-refractivity contribution in [3.05, 3.63) is 53.8 Å². The van der Waals surface area contributed by atoms with Crippen molar-refractivity contribution in [3.8, 4) is 0 Å². The van der Waals surface area contributed by atoms with Gasteiger partial charge in [-0.25, -0.2) is 17.5 Å². The van der Waals surface area contributed by atoms with E-state index in [1.54, 1.807) is 11.0 Å². The minimum atomic E-state index is -3.84. The van der Waals surface area contributed by atoms with Gasteiger partial charge in [-0.05, 0) is 48.7 Å². The summed E-state index contributed by atoms with van der Waals surface area (Å²) in [6, 6.07) is 10.1. The van der Waals surface area contributed by atoms with Crippen LogP contribution >= 0.6 is 11.8 Å². The second-order valence-corrected chi connectivity index (χ2v) is 10.7. The van der Waals surface area contributed by atoms with E-state index in [-0.39, 0.29) is 29.7 Å². The van der Waals surface area contributed by atoms with Crippen LogP contribution in [0, 0.1) is 11.7 Å².